The third kappa shape index (κ3) is 4.66. The van der Waals surface area contributed by atoms with Crippen LogP contribution in [0.4, 0.5) is 13.2 Å². The first-order valence-electron chi connectivity index (χ1n) is 11.8. The van der Waals surface area contributed by atoms with Gasteiger partial charge in [-0.1, -0.05) is 0 Å². The molecule has 0 saturated carbocycles. The first kappa shape index (κ1) is 24.8. The summed E-state index contributed by atoms with van der Waals surface area (Å²) in [5.74, 6) is 1.00. The molecule has 0 spiro atoms. The van der Waals surface area contributed by atoms with Gasteiger partial charge in [0, 0.05) is 36.8 Å². The zero-order valence-electron chi connectivity index (χ0n) is 20.6. The number of piperazine rings is 1. The summed E-state index contributed by atoms with van der Waals surface area (Å²) in [5.41, 5.74) is -0.518. The summed E-state index contributed by atoms with van der Waals surface area (Å²) in [7, 11) is 1.51. The van der Waals surface area contributed by atoms with E-state index in [9.17, 15) is 18.0 Å². The summed E-state index contributed by atoms with van der Waals surface area (Å²) in [6, 6.07) is 10.1. The van der Waals surface area contributed by atoms with Gasteiger partial charge in [-0.15, -0.1) is 0 Å². The van der Waals surface area contributed by atoms with E-state index in [1.165, 1.54) is 20.2 Å². The van der Waals surface area contributed by atoms with Crippen molar-refractivity contribution in [3.05, 3.63) is 71.4 Å². The summed E-state index contributed by atoms with van der Waals surface area (Å²) < 4.78 is 53.9. The standard InChI is InChI=1S/C26H26F3N5O3/c1-16-14-32(15-20-5-4-12-37-20)10-11-33(16)25(35)21-13-30-34-23(26(27,28)29)17(2)22(31-24(21)34)18-6-8-19(36-3)9-7-18/h4-9,12-13,16H,10-11,14-15H2,1-3H3/t16-/m1/s1. The largest absolute Gasteiger partial charge is 0.497 e. The van der Waals surface area contributed by atoms with Gasteiger partial charge in [-0.2, -0.15) is 18.3 Å². The van der Waals surface area contributed by atoms with Crippen LogP contribution in [0.2, 0.25) is 0 Å². The quantitative estimate of drug-likeness (QED) is 0.386. The highest BCUT2D eigenvalue weighted by Gasteiger charge is 2.39. The van der Waals surface area contributed by atoms with E-state index in [1.807, 2.05) is 19.1 Å². The van der Waals surface area contributed by atoms with Crippen molar-refractivity contribution < 1.29 is 27.1 Å². The van der Waals surface area contributed by atoms with Crippen molar-refractivity contribution in [2.45, 2.75) is 32.6 Å². The van der Waals surface area contributed by atoms with Gasteiger partial charge in [0.05, 0.1) is 31.8 Å². The van der Waals surface area contributed by atoms with Crippen LogP contribution in [0, 0.1) is 6.92 Å². The molecule has 1 saturated heterocycles. The summed E-state index contributed by atoms with van der Waals surface area (Å²) in [4.78, 5) is 22.0. The van der Waals surface area contributed by atoms with Gasteiger partial charge >= 0.3 is 6.18 Å². The summed E-state index contributed by atoms with van der Waals surface area (Å²) in [6.45, 7) is 5.52. The van der Waals surface area contributed by atoms with Gasteiger partial charge in [-0.3, -0.25) is 9.69 Å². The molecule has 0 unspecified atom stereocenters. The number of furan rings is 1. The third-order valence-corrected chi connectivity index (χ3v) is 6.68. The van der Waals surface area contributed by atoms with Gasteiger partial charge in [-0.05, 0) is 50.2 Å². The molecule has 37 heavy (non-hydrogen) atoms. The second-order valence-corrected chi connectivity index (χ2v) is 9.12. The maximum atomic E-state index is 14.2. The van der Waals surface area contributed by atoms with Crippen LogP contribution in [-0.2, 0) is 12.7 Å². The Kier molecular flexibility index (Phi) is 6.40. The van der Waals surface area contributed by atoms with Gasteiger partial charge in [0.25, 0.3) is 5.91 Å². The highest BCUT2D eigenvalue weighted by atomic mass is 19.4. The van der Waals surface area contributed by atoms with Crippen LogP contribution in [0.3, 0.4) is 0 Å². The molecule has 0 bridgehead atoms. The van der Waals surface area contributed by atoms with Crippen molar-refractivity contribution in [3.8, 4) is 17.0 Å². The van der Waals surface area contributed by atoms with Crippen LogP contribution in [0.15, 0.2) is 53.3 Å². The number of hydrogen-bond donors (Lipinski definition) is 0. The van der Waals surface area contributed by atoms with Crippen molar-refractivity contribution in [1.29, 1.82) is 0 Å². The van der Waals surface area contributed by atoms with Gasteiger partial charge < -0.3 is 14.1 Å². The number of ether oxygens (including phenoxy) is 1. The van der Waals surface area contributed by atoms with Gasteiger partial charge in [0.2, 0.25) is 0 Å². The molecule has 4 aromatic rings. The van der Waals surface area contributed by atoms with E-state index in [0.717, 1.165) is 10.3 Å². The zero-order chi connectivity index (χ0) is 26.3. The Labute approximate surface area is 211 Å². The highest BCUT2D eigenvalue weighted by Crippen LogP contribution is 2.37. The molecule has 5 rings (SSSR count). The number of alkyl halides is 3. The average molecular weight is 514 g/mol. The number of carbonyl (C=O) groups excluding carboxylic acids is 1. The minimum atomic E-state index is -4.70. The fraction of sp³-hybridized carbons (Fsp3) is 0.346. The fourth-order valence-corrected chi connectivity index (χ4v) is 4.84. The molecule has 1 aliphatic heterocycles. The summed E-state index contributed by atoms with van der Waals surface area (Å²) >= 11 is 0. The fourth-order valence-electron chi connectivity index (χ4n) is 4.84. The van der Waals surface area contributed by atoms with Crippen molar-refractivity contribution in [3.63, 3.8) is 0 Å². The molecule has 4 heterocycles. The molecule has 194 valence electrons. The number of rotatable bonds is 5. The van der Waals surface area contributed by atoms with E-state index < -0.39 is 17.8 Å². The maximum absolute atomic E-state index is 14.2. The lowest BCUT2D eigenvalue weighted by Crippen LogP contribution is -2.53. The molecule has 11 heteroatoms. The molecule has 1 aromatic carbocycles. The number of aromatic nitrogens is 3. The molecule has 8 nitrogen and oxygen atoms in total. The lowest BCUT2D eigenvalue weighted by molar-refractivity contribution is -0.143. The number of benzene rings is 1. The van der Waals surface area contributed by atoms with Crippen molar-refractivity contribution in [2.24, 2.45) is 0 Å². The van der Waals surface area contributed by atoms with E-state index in [-0.39, 0.29) is 28.5 Å². The smallest absolute Gasteiger partial charge is 0.433 e. The number of amides is 1. The molecule has 0 aliphatic carbocycles. The summed E-state index contributed by atoms with van der Waals surface area (Å²) in [5, 5.41) is 3.96. The second kappa shape index (κ2) is 9.55. The molecule has 1 atom stereocenters. The summed E-state index contributed by atoms with van der Waals surface area (Å²) in [6.07, 6.45) is -1.91. The molecular weight excluding hydrogens is 487 g/mol. The molecule has 0 radical (unpaired) electrons. The Balaban J connectivity index is 1.51. The van der Waals surface area contributed by atoms with Crippen LogP contribution in [-0.4, -0.2) is 63.1 Å². The van der Waals surface area contributed by atoms with E-state index >= 15 is 0 Å². The third-order valence-electron chi connectivity index (χ3n) is 6.68. The van der Waals surface area contributed by atoms with Crippen LogP contribution in [0.1, 0.15) is 34.3 Å². The van der Waals surface area contributed by atoms with Crippen molar-refractivity contribution in [1.82, 2.24) is 24.4 Å². The SMILES string of the molecule is COc1ccc(-c2nc3c(C(=O)N4CCN(Cc5ccco5)C[C@H]4C)cnn3c(C(F)(F)F)c2C)cc1. The Bertz CT molecular complexity index is 1410. The van der Waals surface area contributed by atoms with Crippen LogP contribution in [0.25, 0.3) is 16.9 Å². The Hall–Kier alpha value is -3.86. The molecule has 3 aromatic heterocycles. The van der Waals surface area contributed by atoms with Gasteiger partial charge in [-0.25, -0.2) is 9.50 Å². The molecule has 1 fully saturated rings. The van der Waals surface area contributed by atoms with E-state index in [0.29, 0.717) is 37.5 Å². The normalized spacial score (nSPS) is 16.9. The molecule has 0 N–H and O–H groups in total. The van der Waals surface area contributed by atoms with E-state index in [2.05, 4.69) is 15.0 Å². The van der Waals surface area contributed by atoms with E-state index in [1.54, 1.807) is 35.4 Å². The number of nitrogens with zero attached hydrogens (tertiary/aromatic N) is 5. The molecule has 1 aliphatic rings. The Morgan fingerprint density at radius 2 is 1.95 bits per heavy atom. The lowest BCUT2D eigenvalue weighted by atomic mass is 10.0. The topological polar surface area (TPSA) is 76.1 Å². The Morgan fingerprint density at radius 1 is 1.19 bits per heavy atom. The van der Waals surface area contributed by atoms with Crippen molar-refractivity contribution >= 4 is 11.6 Å². The average Bonchev–Trinajstić information content (AvgIpc) is 3.52. The number of fused-ring (bicyclic) bond motifs is 1. The zero-order valence-corrected chi connectivity index (χ0v) is 20.6. The maximum Gasteiger partial charge on any atom is 0.433 e. The van der Waals surface area contributed by atoms with Gasteiger partial charge in [0.15, 0.2) is 11.3 Å². The second-order valence-electron chi connectivity index (χ2n) is 9.12. The minimum absolute atomic E-state index is 0.0339. The van der Waals surface area contributed by atoms with Crippen LogP contribution in [0.5, 0.6) is 5.75 Å². The predicted octanol–water partition coefficient (Wildman–Crippen LogP) is 4.67. The predicted molar refractivity (Wildman–Crippen MR) is 129 cm³/mol. The number of methoxy groups -OCH3 is 1. The molecule has 1 amide bonds. The van der Waals surface area contributed by atoms with E-state index in [4.69, 9.17) is 9.15 Å². The van der Waals surface area contributed by atoms with Crippen LogP contribution < -0.4 is 4.74 Å². The first-order chi connectivity index (χ1) is 17.7. The lowest BCUT2D eigenvalue weighted by Gasteiger charge is -2.39. The van der Waals surface area contributed by atoms with Gasteiger partial charge in [0.1, 0.15) is 17.1 Å². The first-order valence-corrected chi connectivity index (χ1v) is 11.8. The molecular formula is C26H26F3N5O3. The Morgan fingerprint density at radius 3 is 2.57 bits per heavy atom. The van der Waals surface area contributed by atoms with Crippen molar-refractivity contribution in [2.75, 3.05) is 26.7 Å². The monoisotopic (exact) mass is 513 g/mol. The number of carbonyl (C=O) groups is 1. The minimum Gasteiger partial charge on any atom is -0.497 e. The highest BCUT2D eigenvalue weighted by molar-refractivity contribution is 6.00. The number of halogens is 3. The van der Waals surface area contributed by atoms with Crippen LogP contribution >= 0.6 is 0 Å². The number of hydrogen-bond acceptors (Lipinski definition) is 6.